The summed E-state index contributed by atoms with van der Waals surface area (Å²) >= 11 is 0. The Hall–Kier alpha value is -2.39. The fourth-order valence-electron chi connectivity index (χ4n) is 3.41. The van der Waals surface area contributed by atoms with E-state index in [0.717, 1.165) is 12.5 Å². The second-order valence-corrected chi connectivity index (χ2v) is 13.4. The van der Waals surface area contributed by atoms with Crippen LogP contribution in [0.5, 0.6) is 11.5 Å². The smallest absolute Gasteiger partial charge is 0.193 e. The van der Waals surface area contributed by atoms with Crippen LogP contribution in [0.25, 0.3) is 0 Å². The third kappa shape index (κ3) is 6.39. The number of ether oxygens (including phenoxy) is 2. The monoisotopic (exact) mass is 510 g/mol. The van der Waals surface area contributed by atoms with Crippen LogP contribution < -0.4 is 9.47 Å². The molecule has 0 N–H and O–H groups in total. The molecule has 0 heterocycles. The van der Waals surface area contributed by atoms with Crippen molar-refractivity contribution in [3.8, 4) is 11.5 Å². The second-order valence-electron chi connectivity index (χ2n) is 9.41. The lowest BCUT2D eigenvalue weighted by molar-refractivity contribution is 0.103. The summed E-state index contributed by atoms with van der Waals surface area (Å²) in [6.07, 6.45) is 2.19. The largest absolute Gasteiger partial charge is 0.492 e. The number of hydrogen-bond donors (Lipinski definition) is 0. The maximum atomic E-state index is 13.6. The normalized spacial score (nSPS) is 12.3. The van der Waals surface area contributed by atoms with Crippen molar-refractivity contribution >= 4 is 25.5 Å². The van der Waals surface area contributed by atoms with Crippen molar-refractivity contribution in [3.63, 3.8) is 0 Å². The Kier molecular flexibility index (Phi) is 8.58. The molecule has 0 spiro atoms. The number of ketones is 1. The first-order valence-corrected chi connectivity index (χ1v) is 14.8. The molecule has 0 bridgehead atoms. The van der Waals surface area contributed by atoms with Crippen LogP contribution in [0, 0.1) is 25.7 Å². The Balaban J connectivity index is 2.69. The highest BCUT2D eigenvalue weighted by Gasteiger charge is 2.26. The molecule has 0 aliphatic heterocycles. The number of rotatable bonds is 10. The van der Waals surface area contributed by atoms with Crippen molar-refractivity contribution in [2.45, 2.75) is 51.3 Å². The number of hydrogen-bond acceptors (Lipinski definition) is 7. The number of benzene rings is 2. The van der Waals surface area contributed by atoms with Gasteiger partial charge in [0.05, 0.1) is 13.2 Å². The first kappa shape index (κ1) is 27.9. The summed E-state index contributed by atoms with van der Waals surface area (Å²) in [4.78, 5) is 13.6. The molecule has 0 saturated heterocycles. The molecule has 0 amide bonds. The van der Waals surface area contributed by atoms with Gasteiger partial charge in [0.2, 0.25) is 0 Å². The molecule has 0 atom stereocenters. The second kappa shape index (κ2) is 10.5. The predicted molar refractivity (Wildman–Crippen MR) is 133 cm³/mol. The minimum Gasteiger partial charge on any atom is -0.492 e. The minimum atomic E-state index is -3.59. The molecule has 2 aromatic rings. The Bertz CT molecular complexity index is 1190. The lowest BCUT2D eigenvalue weighted by atomic mass is 9.95. The van der Waals surface area contributed by atoms with Gasteiger partial charge in [-0.15, -0.1) is 0 Å². The van der Waals surface area contributed by atoms with E-state index in [2.05, 4.69) is 0 Å². The Morgan fingerprint density at radius 1 is 0.706 bits per heavy atom. The Morgan fingerprint density at radius 3 is 1.29 bits per heavy atom. The summed E-state index contributed by atoms with van der Waals surface area (Å²) in [7, 11) is -7.17. The van der Waals surface area contributed by atoms with E-state index in [1.807, 2.05) is 27.7 Å². The van der Waals surface area contributed by atoms with Gasteiger partial charge < -0.3 is 9.47 Å². The third-order valence-corrected chi connectivity index (χ3v) is 7.39. The van der Waals surface area contributed by atoms with Gasteiger partial charge in [-0.3, -0.25) is 4.79 Å². The Morgan fingerprint density at radius 2 is 1.03 bits per heavy atom. The maximum absolute atomic E-state index is 13.6. The zero-order chi connectivity index (χ0) is 26.0. The number of carbonyl (C=O) groups excluding carboxylic acids is 1. The van der Waals surface area contributed by atoms with E-state index in [4.69, 9.17) is 9.47 Å². The summed E-state index contributed by atoms with van der Waals surface area (Å²) in [5, 5.41) is 0. The van der Waals surface area contributed by atoms with Crippen LogP contribution >= 0.6 is 0 Å². The summed E-state index contributed by atoms with van der Waals surface area (Å²) in [5.41, 5.74) is 1.36. The van der Waals surface area contributed by atoms with E-state index in [-0.39, 0.29) is 63.2 Å². The molecule has 2 rings (SSSR count). The van der Waals surface area contributed by atoms with Crippen LogP contribution in [0.15, 0.2) is 34.1 Å². The molecular formula is C25H34O7S2. The first-order valence-electron chi connectivity index (χ1n) is 11.0. The zero-order valence-electron chi connectivity index (χ0n) is 21.1. The van der Waals surface area contributed by atoms with Gasteiger partial charge in [-0.05, 0) is 49.9 Å². The first-order chi connectivity index (χ1) is 15.6. The standard InChI is InChI=1S/C25H34O7S2/c1-15(2)13-31-24-17(5)19(9-11-21(24)33(7,27)28)23(26)20-10-12-22(34(8,29)30)25(18(20)6)32-14-16(3)4/h9-12,15-16H,13-14H2,1-8H3. The van der Waals surface area contributed by atoms with Crippen LogP contribution in [0.3, 0.4) is 0 Å². The highest BCUT2D eigenvalue weighted by molar-refractivity contribution is 7.91. The van der Waals surface area contributed by atoms with Gasteiger partial charge in [0, 0.05) is 34.8 Å². The molecule has 0 aromatic heterocycles. The van der Waals surface area contributed by atoms with Crippen LogP contribution in [0.2, 0.25) is 0 Å². The molecule has 0 aliphatic rings. The summed E-state index contributed by atoms with van der Waals surface area (Å²) in [6.45, 7) is 11.6. The van der Waals surface area contributed by atoms with Crippen molar-refractivity contribution < 1.29 is 31.1 Å². The van der Waals surface area contributed by atoms with Gasteiger partial charge in [-0.2, -0.15) is 0 Å². The molecule has 0 aliphatic carbocycles. The fraction of sp³-hybridized carbons (Fsp3) is 0.480. The van der Waals surface area contributed by atoms with E-state index in [9.17, 15) is 21.6 Å². The molecular weight excluding hydrogens is 476 g/mol. The molecule has 0 radical (unpaired) electrons. The van der Waals surface area contributed by atoms with Crippen molar-refractivity contribution in [2.24, 2.45) is 11.8 Å². The van der Waals surface area contributed by atoms with Crippen LogP contribution in [0.1, 0.15) is 54.7 Å². The molecule has 34 heavy (non-hydrogen) atoms. The van der Waals surface area contributed by atoms with Gasteiger partial charge in [-0.25, -0.2) is 16.8 Å². The molecule has 2 aromatic carbocycles. The number of carbonyl (C=O) groups is 1. The molecule has 188 valence electrons. The van der Waals surface area contributed by atoms with Gasteiger partial charge in [0.15, 0.2) is 25.5 Å². The predicted octanol–water partition coefficient (Wildman–Crippen LogP) is 4.41. The lowest BCUT2D eigenvalue weighted by Crippen LogP contribution is -2.15. The quantitative estimate of drug-likeness (QED) is 0.436. The molecule has 7 nitrogen and oxygen atoms in total. The zero-order valence-corrected chi connectivity index (χ0v) is 22.7. The SMILES string of the molecule is Cc1c(C(=O)c2ccc(S(C)(=O)=O)c(OCC(C)C)c2C)ccc(S(C)(=O)=O)c1OCC(C)C. The lowest BCUT2D eigenvalue weighted by Gasteiger charge is -2.19. The van der Waals surface area contributed by atoms with E-state index in [1.165, 1.54) is 24.3 Å². The van der Waals surface area contributed by atoms with Crippen molar-refractivity contribution in [3.05, 3.63) is 46.5 Å². The van der Waals surface area contributed by atoms with Gasteiger partial charge in [0.1, 0.15) is 21.3 Å². The maximum Gasteiger partial charge on any atom is 0.193 e. The van der Waals surface area contributed by atoms with Crippen molar-refractivity contribution in [2.75, 3.05) is 25.7 Å². The molecule has 0 saturated carbocycles. The summed E-state index contributed by atoms with van der Waals surface area (Å²) in [6, 6.07) is 5.69. The van der Waals surface area contributed by atoms with E-state index in [1.54, 1.807) is 13.8 Å². The van der Waals surface area contributed by atoms with E-state index >= 15 is 0 Å². The highest BCUT2D eigenvalue weighted by atomic mass is 32.2. The summed E-state index contributed by atoms with van der Waals surface area (Å²) in [5.74, 6) is 0.238. The average Bonchev–Trinajstić information content (AvgIpc) is 2.69. The van der Waals surface area contributed by atoms with E-state index < -0.39 is 19.7 Å². The van der Waals surface area contributed by atoms with Gasteiger partial charge in [-0.1, -0.05) is 27.7 Å². The topological polar surface area (TPSA) is 104 Å². The average molecular weight is 511 g/mol. The summed E-state index contributed by atoms with van der Waals surface area (Å²) < 4.78 is 60.9. The van der Waals surface area contributed by atoms with Crippen LogP contribution in [-0.2, 0) is 19.7 Å². The fourth-order valence-corrected chi connectivity index (χ4v) is 5.14. The van der Waals surface area contributed by atoms with Gasteiger partial charge >= 0.3 is 0 Å². The Labute approximate surface area is 203 Å². The highest BCUT2D eigenvalue weighted by Crippen LogP contribution is 2.35. The number of sulfone groups is 2. The minimum absolute atomic E-state index is 0.0207. The molecule has 0 fully saturated rings. The third-order valence-electron chi connectivity index (χ3n) is 5.15. The van der Waals surface area contributed by atoms with Gasteiger partial charge in [0.25, 0.3) is 0 Å². The van der Waals surface area contributed by atoms with Crippen LogP contribution in [-0.4, -0.2) is 48.3 Å². The molecule has 9 heteroatoms. The van der Waals surface area contributed by atoms with E-state index in [0.29, 0.717) is 11.1 Å². The van der Waals surface area contributed by atoms with Crippen molar-refractivity contribution in [1.29, 1.82) is 0 Å². The molecule has 0 unspecified atom stereocenters. The van der Waals surface area contributed by atoms with Crippen LogP contribution in [0.4, 0.5) is 0 Å². The van der Waals surface area contributed by atoms with Crippen molar-refractivity contribution in [1.82, 2.24) is 0 Å².